The zero-order valence-electron chi connectivity index (χ0n) is 7.14. The molecule has 0 heterocycles. The Balaban J connectivity index is 3.14. The van der Waals surface area contributed by atoms with Crippen molar-refractivity contribution in [3.05, 3.63) is 0 Å². The highest BCUT2D eigenvalue weighted by molar-refractivity contribution is 5.75. The summed E-state index contributed by atoms with van der Waals surface area (Å²) < 4.78 is 6.46. The van der Waals surface area contributed by atoms with Crippen molar-refractivity contribution in [1.82, 2.24) is 0 Å². The summed E-state index contributed by atoms with van der Waals surface area (Å²) in [5, 5.41) is 0. The number of hydrogen-bond donors (Lipinski definition) is 1. The molecule has 0 aromatic carbocycles. The monoisotopic (exact) mass is 144 g/mol. The molecular weight excluding hydrogens is 130 g/mol. The number of rotatable bonds is 5. The molecular formula is C7H13NO2. The van der Waals surface area contributed by atoms with Gasteiger partial charge in [-0.2, -0.15) is 0 Å². The highest BCUT2D eigenvalue weighted by Crippen LogP contribution is 1.98. The minimum absolute atomic E-state index is 0.149. The van der Waals surface area contributed by atoms with Gasteiger partial charge in [0, 0.05) is 12.8 Å². The van der Waals surface area contributed by atoms with Crippen LogP contribution in [0.5, 0.6) is 0 Å². The van der Waals surface area contributed by atoms with E-state index >= 15 is 0 Å². The van der Waals surface area contributed by atoms with E-state index in [-0.39, 0.29) is 11.7 Å². The zero-order chi connectivity index (χ0) is 8.69. The first kappa shape index (κ1) is 7.25. The number of hydrogen-bond acceptors (Lipinski definition) is 2. The van der Waals surface area contributed by atoms with Gasteiger partial charge in [-0.05, 0) is 19.8 Å². The van der Waals surface area contributed by atoms with E-state index in [1.807, 2.05) is 0 Å². The maximum absolute atomic E-state index is 10.5. The van der Waals surface area contributed by atoms with Crippen molar-refractivity contribution in [3.63, 3.8) is 0 Å². The fourth-order valence-electron chi connectivity index (χ4n) is 0.660. The van der Waals surface area contributed by atoms with Crippen LogP contribution in [-0.4, -0.2) is 11.7 Å². The molecule has 0 bridgehead atoms. The molecule has 2 N–H and O–H groups in total. The molecule has 1 amide bonds. The van der Waals surface area contributed by atoms with Crippen molar-refractivity contribution in [2.24, 2.45) is 5.73 Å². The van der Waals surface area contributed by atoms with Crippen LogP contribution < -0.4 is 5.73 Å². The molecule has 3 heteroatoms. The van der Waals surface area contributed by atoms with Gasteiger partial charge in [-0.1, -0.05) is 0 Å². The van der Waals surface area contributed by atoms with Crippen molar-refractivity contribution in [3.8, 4) is 0 Å². The Labute approximate surface area is 62.1 Å². The van der Waals surface area contributed by atoms with Gasteiger partial charge in [0.25, 0.3) is 0 Å². The van der Waals surface area contributed by atoms with Crippen molar-refractivity contribution < 1.29 is 11.0 Å². The Bertz CT molecular complexity index is 147. The number of unbranched alkanes of at least 4 members (excludes halogenated alkanes) is 1. The fourth-order valence-corrected chi connectivity index (χ4v) is 0.660. The molecule has 0 atom stereocenters. The Kier molecular flexibility index (Phi) is 3.60. The van der Waals surface area contributed by atoms with Gasteiger partial charge in [-0.25, -0.2) is 0 Å². The van der Waals surface area contributed by atoms with E-state index in [4.69, 9.17) is 1.41 Å². The number of Topliss-reactive ketones (excluding diaryl/α,β-unsaturated/α-hetero) is 1. The van der Waals surface area contributed by atoms with Crippen LogP contribution in [-0.2, 0) is 9.59 Å². The van der Waals surface area contributed by atoms with Crippen LogP contribution in [0.3, 0.4) is 0 Å². The molecule has 10 heavy (non-hydrogen) atoms. The lowest BCUT2D eigenvalue weighted by Crippen LogP contribution is -2.09. The van der Waals surface area contributed by atoms with Crippen LogP contribution in [0.4, 0.5) is 0 Å². The van der Waals surface area contributed by atoms with Crippen molar-refractivity contribution in [2.45, 2.75) is 32.6 Å². The second kappa shape index (κ2) is 4.97. The second-order valence-electron chi connectivity index (χ2n) is 2.33. The summed E-state index contributed by atoms with van der Waals surface area (Å²) in [5.41, 5.74) is 1.78. The van der Waals surface area contributed by atoms with E-state index in [0.717, 1.165) is 6.42 Å². The van der Waals surface area contributed by atoms with E-state index in [0.29, 0.717) is 19.3 Å². The molecule has 58 valence electrons. The third-order valence-electron chi connectivity index (χ3n) is 1.18. The first-order valence-electron chi connectivity index (χ1n) is 3.87. The molecule has 3 nitrogen and oxygen atoms in total. The average Bonchev–Trinajstić information content (AvgIpc) is 1.97. The first-order valence-corrected chi connectivity index (χ1v) is 3.37. The lowest BCUT2D eigenvalue weighted by molar-refractivity contribution is -0.119. The van der Waals surface area contributed by atoms with E-state index in [1.54, 1.807) is 5.73 Å². The predicted octanol–water partition coefficient (Wildman–Crippen LogP) is 0.621. The Morgan fingerprint density at radius 1 is 1.40 bits per heavy atom. The molecule has 0 aromatic rings. The average molecular weight is 144 g/mol. The van der Waals surface area contributed by atoms with Crippen LogP contribution in [0.1, 0.15) is 32.6 Å². The van der Waals surface area contributed by atoms with Crippen molar-refractivity contribution >= 4 is 11.7 Å². The smallest absolute Gasteiger partial charge is 0.217 e. The number of carbonyl (C=O) groups excluding carboxylic acids is 2. The second-order valence-corrected chi connectivity index (χ2v) is 2.33. The summed E-state index contributed by atoms with van der Waals surface area (Å²) in [5.74, 6) is -0.134. The normalized spacial score (nSPS) is 10.3. The maximum atomic E-state index is 10.5. The number of nitrogens with two attached hydrogens (primary N) is 1. The van der Waals surface area contributed by atoms with Crippen LogP contribution in [0, 0.1) is 0 Å². The summed E-state index contributed by atoms with van der Waals surface area (Å²) in [6.45, 7) is 1.53. The number of ketones is 1. The van der Waals surface area contributed by atoms with Gasteiger partial charge >= 0.3 is 0 Å². The summed E-state index contributed by atoms with van der Waals surface area (Å²) in [6, 6.07) is 0. The third-order valence-corrected chi connectivity index (χ3v) is 1.18. The van der Waals surface area contributed by atoms with Gasteiger partial charge in [0.2, 0.25) is 5.91 Å². The topological polar surface area (TPSA) is 60.2 Å². The van der Waals surface area contributed by atoms with Gasteiger partial charge in [0.05, 0.1) is 0 Å². The maximum Gasteiger partial charge on any atom is 0.217 e. The number of carbonyl (C=O) groups is 2. The first-order chi connectivity index (χ1) is 5.16. The zero-order valence-corrected chi connectivity index (χ0v) is 6.14. The predicted molar refractivity (Wildman–Crippen MR) is 38.3 cm³/mol. The number of amides is 1. The molecule has 0 saturated heterocycles. The summed E-state index contributed by atoms with van der Waals surface area (Å²) in [4.78, 5) is 20.9. The third kappa shape index (κ3) is 7.14. The van der Waals surface area contributed by atoms with Gasteiger partial charge < -0.3 is 10.5 Å². The molecule has 0 aliphatic rings. The van der Waals surface area contributed by atoms with Gasteiger partial charge in [0.15, 0.2) is 1.41 Å². The van der Waals surface area contributed by atoms with Crippen LogP contribution in [0.25, 0.3) is 0 Å². The Morgan fingerprint density at radius 2 is 2.00 bits per heavy atom. The molecule has 0 aliphatic heterocycles. The minimum Gasteiger partial charge on any atom is -0.370 e. The largest absolute Gasteiger partial charge is 0.370 e. The summed E-state index contributed by atoms with van der Waals surface area (Å²) in [7, 11) is 0. The minimum atomic E-state index is -0.284. The highest BCUT2D eigenvalue weighted by atomic mass is 16.1. The molecule has 0 aliphatic carbocycles. The standard InChI is InChI=1S/C7H13NO2/c1-6(9)4-2-3-5-7(8)10/h2-5H2,1H3,(H2,8,10)/i/hD. The highest BCUT2D eigenvalue weighted by Gasteiger charge is 1.95. The van der Waals surface area contributed by atoms with Crippen molar-refractivity contribution in [2.75, 3.05) is 0 Å². The van der Waals surface area contributed by atoms with E-state index in [1.165, 1.54) is 6.92 Å². The van der Waals surface area contributed by atoms with Crippen LogP contribution in [0.2, 0.25) is 1.41 Å². The molecule has 0 unspecified atom stereocenters. The lowest BCUT2D eigenvalue weighted by Gasteiger charge is -1.93. The summed E-state index contributed by atoms with van der Waals surface area (Å²) in [6.07, 6.45) is 2.30. The molecule has 0 spiro atoms. The van der Waals surface area contributed by atoms with Crippen LogP contribution in [0.15, 0.2) is 0 Å². The quantitative estimate of drug-likeness (QED) is 0.575. The van der Waals surface area contributed by atoms with E-state index in [9.17, 15) is 9.59 Å². The molecule has 0 rings (SSSR count). The van der Waals surface area contributed by atoms with Crippen LogP contribution >= 0.6 is 0 Å². The lowest BCUT2D eigenvalue weighted by atomic mass is 10.1. The SMILES string of the molecule is [2H]NC(=O)CCCCC(C)=O. The summed E-state index contributed by atoms with van der Waals surface area (Å²) >= 11 is 0. The van der Waals surface area contributed by atoms with Gasteiger partial charge in [-0.3, -0.25) is 4.79 Å². The Morgan fingerprint density at radius 3 is 2.50 bits per heavy atom. The van der Waals surface area contributed by atoms with Gasteiger partial charge in [0.1, 0.15) is 5.78 Å². The van der Waals surface area contributed by atoms with Gasteiger partial charge in [-0.15, -0.1) is 0 Å². The number of primary amides is 1. The Hall–Kier alpha value is -0.860. The molecule has 0 fully saturated rings. The molecule has 0 saturated carbocycles. The molecule has 0 radical (unpaired) electrons. The van der Waals surface area contributed by atoms with Crippen molar-refractivity contribution in [1.29, 1.82) is 0 Å². The van der Waals surface area contributed by atoms with E-state index in [2.05, 4.69) is 0 Å². The van der Waals surface area contributed by atoms with E-state index < -0.39 is 0 Å². The fraction of sp³-hybridized carbons (Fsp3) is 0.714. The molecule has 0 aromatic heterocycles.